The quantitative estimate of drug-likeness (QED) is 0.515. The number of amides is 1. The van der Waals surface area contributed by atoms with Crippen LogP contribution in [0.2, 0.25) is 0 Å². The number of nitrogens with one attached hydrogen (secondary N) is 1. The Morgan fingerprint density at radius 2 is 2.19 bits per heavy atom. The van der Waals surface area contributed by atoms with Crippen LogP contribution in [0.25, 0.3) is 0 Å². The number of nitrogens with zero attached hydrogens (tertiary/aromatic N) is 1. The van der Waals surface area contributed by atoms with Gasteiger partial charge in [0.1, 0.15) is 0 Å². The van der Waals surface area contributed by atoms with Gasteiger partial charge in [0.25, 0.3) is 5.69 Å². The van der Waals surface area contributed by atoms with Crippen molar-refractivity contribution in [2.75, 3.05) is 20.3 Å². The van der Waals surface area contributed by atoms with Crippen molar-refractivity contribution < 1.29 is 19.2 Å². The molecule has 0 aliphatic carbocycles. The van der Waals surface area contributed by atoms with E-state index in [4.69, 9.17) is 15.2 Å². The maximum Gasteiger partial charge on any atom is 0.273 e. The zero-order valence-electron chi connectivity index (χ0n) is 12.0. The molecule has 1 aromatic carbocycles. The van der Waals surface area contributed by atoms with Crippen molar-refractivity contribution in [3.05, 3.63) is 28.3 Å². The molecule has 21 heavy (non-hydrogen) atoms. The molecule has 8 heteroatoms. The molecule has 3 N–H and O–H groups in total. The SMILES string of the molecule is CCNC(CCOc1cc([N+](=O)[O-])ccc1OC)C(N)=O. The Kier molecular flexibility index (Phi) is 6.41. The molecule has 1 rings (SSSR count). The van der Waals surface area contributed by atoms with Crippen molar-refractivity contribution in [1.82, 2.24) is 5.32 Å². The lowest BCUT2D eigenvalue weighted by Gasteiger charge is -2.15. The number of carbonyl (C=O) groups is 1. The largest absolute Gasteiger partial charge is 0.493 e. The summed E-state index contributed by atoms with van der Waals surface area (Å²) in [5.74, 6) is 0.178. The van der Waals surface area contributed by atoms with Gasteiger partial charge in [-0.25, -0.2) is 0 Å². The molecule has 116 valence electrons. The number of benzene rings is 1. The molecule has 0 bridgehead atoms. The summed E-state index contributed by atoms with van der Waals surface area (Å²) in [5.41, 5.74) is 5.16. The van der Waals surface area contributed by atoms with Gasteiger partial charge in [-0.3, -0.25) is 14.9 Å². The van der Waals surface area contributed by atoms with Crippen LogP contribution in [0, 0.1) is 10.1 Å². The highest BCUT2D eigenvalue weighted by Crippen LogP contribution is 2.31. The van der Waals surface area contributed by atoms with Crippen molar-refractivity contribution in [3.63, 3.8) is 0 Å². The lowest BCUT2D eigenvalue weighted by Crippen LogP contribution is -2.42. The number of primary amides is 1. The maximum absolute atomic E-state index is 11.2. The lowest BCUT2D eigenvalue weighted by molar-refractivity contribution is -0.385. The molecule has 0 aliphatic rings. The molecular formula is C13H19N3O5. The molecule has 0 saturated heterocycles. The molecule has 0 saturated carbocycles. The van der Waals surface area contributed by atoms with Crippen LogP contribution in [0.1, 0.15) is 13.3 Å². The highest BCUT2D eigenvalue weighted by Gasteiger charge is 2.16. The van der Waals surface area contributed by atoms with Gasteiger partial charge in [-0.2, -0.15) is 0 Å². The van der Waals surface area contributed by atoms with Gasteiger partial charge in [0.15, 0.2) is 11.5 Å². The lowest BCUT2D eigenvalue weighted by atomic mass is 10.2. The third-order valence-corrected chi connectivity index (χ3v) is 2.82. The smallest absolute Gasteiger partial charge is 0.273 e. The number of nitro benzene ring substituents is 1. The molecule has 0 heterocycles. The molecule has 0 spiro atoms. The summed E-state index contributed by atoms with van der Waals surface area (Å²) in [5, 5.41) is 13.7. The zero-order valence-corrected chi connectivity index (χ0v) is 12.0. The van der Waals surface area contributed by atoms with E-state index in [1.165, 1.54) is 25.3 Å². The molecule has 0 fully saturated rings. The minimum absolute atomic E-state index is 0.0936. The van der Waals surface area contributed by atoms with E-state index in [0.29, 0.717) is 18.7 Å². The van der Waals surface area contributed by atoms with Crippen LogP contribution >= 0.6 is 0 Å². The van der Waals surface area contributed by atoms with Gasteiger partial charge in [0.05, 0.1) is 30.7 Å². The van der Waals surface area contributed by atoms with Gasteiger partial charge in [0.2, 0.25) is 5.91 Å². The predicted molar refractivity (Wildman–Crippen MR) is 76.4 cm³/mol. The summed E-state index contributed by atoms with van der Waals surface area (Å²) in [6.07, 6.45) is 0.356. The third-order valence-electron chi connectivity index (χ3n) is 2.82. The number of non-ortho nitro benzene ring substituents is 1. The number of ether oxygens (including phenoxy) is 2. The van der Waals surface area contributed by atoms with Crippen LogP contribution in [-0.4, -0.2) is 37.1 Å². The molecule has 8 nitrogen and oxygen atoms in total. The molecule has 0 aromatic heterocycles. The zero-order chi connectivity index (χ0) is 15.8. The van der Waals surface area contributed by atoms with E-state index in [-0.39, 0.29) is 18.0 Å². The fourth-order valence-electron chi connectivity index (χ4n) is 1.77. The van der Waals surface area contributed by atoms with Crippen molar-refractivity contribution >= 4 is 11.6 Å². The number of nitrogens with two attached hydrogens (primary N) is 1. The molecular weight excluding hydrogens is 278 g/mol. The Morgan fingerprint density at radius 1 is 1.48 bits per heavy atom. The highest BCUT2D eigenvalue weighted by molar-refractivity contribution is 5.79. The van der Waals surface area contributed by atoms with Gasteiger partial charge in [-0.1, -0.05) is 6.92 Å². The summed E-state index contributed by atoms with van der Waals surface area (Å²) >= 11 is 0. The Bertz CT molecular complexity index is 507. The van der Waals surface area contributed by atoms with Crippen molar-refractivity contribution in [2.24, 2.45) is 5.73 Å². The van der Waals surface area contributed by atoms with E-state index in [1.54, 1.807) is 0 Å². The fourth-order valence-corrected chi connectivity index (χ4v) is 1.77. The molecule has 0 radical (unpaired) electrons. The third kappa shape index (κ3) is 4.92. The number of nitro groups is 1. The average Bonchev–Trinajstić information content (AvgIpc) is 2.45. The topological polar surface area (TPSA) is 117 Å². The number of hydrogen-bond acceptors (Lipinski definition) is 6. The Hall–Kier alpha value is -2.35. The normalized spacial score (nSPS) is 11.7. The van der Waals surface area contributed by atoms with Gasteiger partial charge < -0.3 is 20.5 Å². The summed E-state index contributed by atoms with van der Waals surface area (Å²) in [4.78, 5) is 21.4. The average molecular weight is 297 g/mol. The molecule has 1 atom stereocenters. The number of rotatable bonds is 9. The summed E-state index contributed by atoms with van der Waals surface area (Å²) in [6, 6.07) is 3.57. The van der Waals surface area contributed by atoms with Gasteiger partial charge >= 0.3 is 0 Å². The van der Waals surface area contributed by atoms with Crippen LogP contribution in [0.4, 0.5) is 5.69 Å². The van der Waals surface area contributed by atoms with Crippen LogP contribution in [0.3, 0.4) is 0 Å². The van der Waals surface area contributed by atoms with Gasteiger partial charge in [-0.15, -0.1) is 0 Å². The maximum atomic E-state index is 11.2. The Balaban J connectivity index is 2.71. The van der Waals surface area contributed by atoms with E-state index in [2.05, 4.69) is 5.32 Å². The number of likely N-dealkylation sites (N-methyl/N-ethyl adjacent to an activating group) is 1. The van der Waals surface area contributed by atoms with E-state index < -0.39 is 16.9 Å². The van der Waals surface area contributed by atoms with E-state index in [9.17, 15) is 14.9 Å². The van der Waals surface area contributed by atoms with E-state index in [1.807, 2.05) is 6.92 Å². The van der Waals surface area contributed by atoms with Crippen LogP contribution in [-0.2, 0) is 4.79 Å². The Labute approximate surface area is 122 Å². The summed E-state index contributed by atoms with van der Waals surface area (Å²) < 4.78 is 10.5. The number of hydrogen-bond donors (Lipinski definition) is 2. The first-order chi connectivity index (χ1) is 9.99. The second-order valence-electron chi connectivity index (χ2n) is 4.24. The Morgan fingerprint density at radius 3 is 2.71 bits per heavy atom. The van der Waals surface area contributed by atoms with Gasteiger partial charge in [0, 0.05) is 12.5 Å². The highest BCUT2D eigenvalue weighted by atomic mass is 16.6. The summed E-state index contributed by atoms with van der Waals surface area (Å²) in [7, 11) is 1.44. The first-order valence-electron chi connectivity index (χ1n) is 6.47. The van der Waals surface area contributed by atoms with Crippen LogP contribution in [0.5, 0.6) is 11.5 Å². The second-order valence-corrected chi connectivity index (χ2v) is 4.24. The first kappa shape index (κ1) is 16.7. The molecule has 1 aromatic rings. The monoisotopic (exact) mass is 297 g/mol. The van der Waals surface area contributed by atoms with Crippen molar-refractivity contribution in [1.29, 1.82) is 0 Å². The second kappa shape index (κ2) is 8.05. The van der Waals surface area contributed by atoms with E-state index >= 15 is 0 Å². The van der Waals surface area contributed by atoms with Crippen LogP contribution < -0.4 is 20.5 Å². The molecule has 1 amide bonds. The predicted octanol–water partition coefficient (Wildman–Crippen LogP) is 0.836. The molecule has 0 aliphatic heterocycles. The first-order valence-corrected chi connectivity index (χ1v) is 6.47. The van der Waals surface area contributed by atoms with E-state index in [0.717, 1.165) is 0 Å². The minimum Gasteiger partial charge on any atom is -0.493 e. The van der Waals surface area contributed by atoms with Crippen LogP contribution in [0.15, 0.2) is 18.2 Å². The van der Waals surface area contributed by atoms with Crippen molar-refractivity contribution in [3.8, 4) is 11.5 Å². The molecule has 1 unspecified atom stereocenters. The number of methoxy groups -OCH3 is 1. The minimum atomic E-state index is -0.517. The fraction of sp³-hybridized carbons (Fsp3) is 0.462. The van der Waals surface area contributed by atoms with Gasteiger partial charge in [-0.05, 0) is 12.6 Å². The standard InChI is InChI=1S/C13H19N3O5/c1-3-15-10(13(14)17)6-7-21-12-8-9(16(18)19)4-5-11(12)20-2/h4-5,8,10,15H,3,6-7H2,1-2H3,(H2,14,17). The number of carbonyl (C=O) groups excluding carboxylic acids is 1. The van der Waals surface area contributed by atoms with Crippen molar-refractivity contribution in [2.45, 2.75) is 19.4 Å². The summed E-state index contributed by atoms with van der Waals surface area (Å²) in [6.45, 7) is 2.65.